The Labute approximate surface area is 171 Å². The third-order valence-corrected chi connectivity index (χ3v) is 5.13. The van der Waals surface area contributed by atoms with E-state index in [2.05, 4.69) is 24.3 Å². The van der Waals surface area contributed by atoms with Crippen LogP contribution < -0.4 is 10.9 Å². The molecular formula is C24H27N3O2. The molecule has 29 heavy (non-hydrogen) atoms. The van der Waals surface area contributed by atoms with Gasteiger partial charge in [0.05, 0.1) is 5.69 Å². The molecule has 150 valence electrons. The molecule has 0 spiro atoms. The predicted molar refractivity (Wildman–Crippen MR) is 117 cm³/mol. The lowest BCUT2D eigenvalue weighted by atomic mass is 10.0. The number of anilines is 1. The molecule has 5 heteroatoms. The SMILES string of the molecule is CCc1cccc(CC)c1NC(=O)C(CC)n1nc(-c2ccccc2)ccc1=O. The number of aromatic nitrogens is 2. The highest BCUT2D eigenvalue weighted by atomic mass is 16.2. The molecule has 0 aliphatic heterocycles. The van der Waals surface area contributed by atoms with Gasteiger partial charge in [0.15, 0.2) is 0 Å². The first-order valence-corrected chi connectivity index (χ1v) is 10.2. The summed E-state index contributed by atoms with van der Waals surface area (Å²) in [5, 5.41) is 7.58. The second kappa shape index (κ2) is 9.32. The van der Waals surface area contributed by atoms with Crippen LogP contribution in [0.1, 0.15) is 44.4 Å². The van der Waals surface area contributed by atoms with Crippen molar-refractivity contribution in [2.75, 3.05) is 5.32 Å². The van der Waals surface area contributed by atoms with Crippen molar-refractivity contribution < 1.29 is 4.79 Å². The highest BCUT2D eigenvalue weighted by molar-refractivity contribution is 5.95. The topological polar surface area (TPSA) is 64.0 Å². The van der Waals surface area contributed by atoms with Gasteiger partial charge in [0.1, 0.15) is 6.04 Å². The molecule has 3 rings (SSSR count). The van der Waals surface area contributed by atoms with Crippen LogP contribution in [0.3, 0.4) is 0 Å². The Morgan fingerprint density at radius 2 is 1.59 bits per heavy atom. The Morgan fingerprint density at radius 3 is 2.17 bits per heavy atom. The Balaban J connectivity index is 1.96. The molecular weight excluding hydrogens is 362 g/mol. The third-order valence-electron chi connectivity index (χ3n) is 5.13. The van der Waals surface area contributed by atoms with E-state index in [1.54, 1.807) is 6.07 Å². The van der Waals surface area contributed by atoms with Crippen LogP contribution in [0.25, 0.3) is 11.3 Å². The monoisotopic (exact) mass is 389 g/mol. The van der Waals surface area contributed by atoms with Crippen molar-refractivity contribution in [2.45, 2.75) is 46.1 Å². The van der Waals surface area contributed by atoms with Crippen LogP contribution in [0, 0.1) is 0 Å². The standard InChI is InChI=1S/C24H27N3O2/c1-4-17-13-10-14-18(5-2)23(17)25-24(29)21(6-3)27-22(28)16-15-20(26-27)19-11-8-7-9-12-19/h7-16,21H,4-6H2,1-3H3,(H,25,29). The van der Waals surface area contributed by atoms with Crippen LogP contribution in [0.4, 0.5) is 5.69 Å². The van der Waals surface area contributed by atoms with Crippen LogP contribution in [-0.2, 0) is 17.6 Å². The quantitative estimate of drug-likeness (QED) is 0.641. The number of nitrogens with one attached hydrogen (secondary N) is 1. The number of benzene rings is 2. The third kappa shape index (κ3) is 4.45. The number of para-hydroxylation sites is 1. The number of aryl methyl sites for hydroxylation is 2. The first kappa shape index (κ1) is 20.5. The van der Waals surface area contributed by atoms with Crippen LogP contribution >= 0.6 is 0 Å². The number of nitrogens with zero attached hydrogens (tertiary/aromatic N) is 2. The van der Waals surface area contributed by atoms with Gasteiger partial charge in [-0.05, 0) is 36.5 Å². The molecule has 1 atom stereocenters. The normalized spacial score (nSPS) is 11.8. The Morgan fingerprint density at radius 1 is 0.931 bits per heavy atom. The molecule has 0 radical (unpaired) electrons. The summed E-state index contributed by atoms with van der Waals surface area (Å²) in [4.78, 5) is 25.7. The van der Waals surface area contributed by atoms with E-state index in [9.17, 15) is 9.59 Å². The van der Waals surface area contributed by atoms with E-state index < -0.39 is 6.04 Å². The molecule has 0 bridgehead atoms. The lowest BCUT2D eigenvalue weighted by Gasteiger charge is -2.20. The zero-order valence-corrected chi connectivity index (χ0v) is 17.2. The van der Waals surface area contributed by atoms with Crippen LogP contribution in [0.2, 0.25) is 0 Å². The van der Waals surface area contributed by atoms with Gasteiger partial charge in [0.2, 0.25) is 5.91 Å². The number of hydrogen-bond acceptors (Lipinski definition) is 3. The number of carbonyl (C=O) groups is 1. The van der Waals surface area contributed by atoms with Gasteiger partial charge in [-0.3, -0.25) is 9.59 Å². The summed E-state index contributed by atoms with van der Waals surface area (Å²) in [7, 11) is 0. The number of rotatable bonds is 7. The van der Waals surface area contributed by atoms with Crippen molar-refractivity contribution in [3.05, 3.63) is 82.1 Å². The maximum Gasteiger partial charge on any atom is 0.267 e. The average molecular weight is 389 g/mol. The highest BCUT2D eigenvalue weighted by Crippen LogP contribution is 2.24. The van der Waals surface area contributed by atoms with Crippen molar-refractivity contribution in [1.82, 2.24) is 9.78 Å². The summed E-state index contributed by atoms with van der Waals surface area (Å²) in [5.74, 6) is -0.220. The molecule has 1 unspecified atom stereocenters. The van der Waals surface area contributed by atoms with Crippen molar-refractivity contribution in [3.63, 3.8) is 0 Å². The summed E-state index contributed by atoms with van der Waals surface area (Å²) in [6.07, 6.45) is 2.11. The van der Waals surface area contributed by atoms with Gasteiger partial charge in [0.25, 0.3) is 5.56 Å². The molecule has 3 aromatic rings. The van der Waals surface area contributed by atoms with Gasteiger partial charge in [-0.15, -0.1) is 0 Å². The second-order valence-electron chi connectivity index (χ2n) is 6.94. The Bertz CT molecular complexity index is 1020. The van der Waals surface area contributed by atoms with Gasteiger partial charge in [-0.1, -0.05) is 69.3 Å². The summed E-state index contributed by atoms with van der Waals surface area (Å²) >= 11 is 0. The van der Waals surface area contributed by atoms with Crippen LogP contribution in [0.15, 0.2) is 65.5 Å². The molecule has 1 N–H and O–H groups in total. The number of hydrogen-bond donors (Lipinski definition) is 1. The number of amides is 1. The smallest absolute Gasteiger partial charge is 0.267 e. The van der Waals surface area contributed by atoms with E-state index in [0.717, 1.165) is 35.2 Å². The zero-order valence-electron chi connectivity index (χ0n) is 17.2. The van der Waals surface area contributed by atoms with Crippen molar-refractivity contribution in [1.29, 1.82) is 0 Å². The highest BCUT2D eigenvalue weighted by Gasteiger charge is 2.23. The van der Waals surface area contributed by atoms with Gasteiger partial charge in [0, 0.05) is 17.3 Å². The molecule has 0 saturated carbocycles. The Kier molecular flexibility index (Phi) is 6.60. The van der Waals surface area contributed by atoms with E-state index in [4.69, 9.17) is 0 Å². The van der Waals surface area contributed by atoms with Crippen LogP contribution in [-0.4, -0.2) is 15.7 Å². The van der Waals surface area contributed by atoms with Gasteiger partial charge < -0.3 is 5.32 Å². The molecule has 1 aromatic heterocycles. The molecule has 1 amide bonds. The fourth-order valence-corrected chi connectivity index (χ4v) is 3.49. The van der Waals surface area contributed by atoms with Crippen molar-refractivity contribution in [3.8, 4) is 11.3 Å². The molecule has 5 nitrogen and oxygen atoms in total. The maximum atomic E-state index is 13.2. The first-order chi connectivity index (χ1) is 14.1. The van der Waals surface area contributed by atoms with Crippen molar-refractivity contribution >= 4 is 11.6 Å². The summed E-state index contributed by atoms with van der Waals surface area (Å²) in [5.41, 5.74) is 4.32. The van der Waals surface area contributed by atoms with Gasteiger partial charge in [-0.2, -0.15) is 5.10 Å². The minimum Gasteiger partial charge on any atom is -0.324 e. The maximum absolute atomic E-state index is 13.2. The van der Waals surface area contributed by atoms with E-state index in [1.807, 2.05) is 55.5 Å². The summed E-state index contributed by atoms with van der Waals surface area (Å²) < 4.78 is 1.30. The second-order valence-corrected chi connectivity index (χ2v) is 6.94. The average Bonchev–Trinajstić information content (AvgIpc) is 2.76. The summed E-state index contributed by atoms with van der Waals surface area (Å²) in [6.45, 7) is 6.02. The van der Waals surface area contributed by atoms with E-state index in [0.29, 0.717) is 12.1 Å². The largest absolute Gasteiger partial charge is 0.324 e. The first-order valence-electron chi connectivity index (χ1n) is 10.2. The van der Waals surface area contributed by atoms with E-state index >= 15 is 0 Å². The minimum atomic E-state index is -0.680. The van der Waals surface area contributed by atoms with E-state index in [1.165, 1.54) is 10.7 Å². The Hall–Kier alpha value is -3.21. The van der Waals surface area contributed by atoms with Crippen LogP contribution in [0.5, 0.6) is 0 Å². The fourth-order valence-electron chi connectivity index (χ4n) is 3.49. The van der Waals surface area contributed by atoms with E-state index in [-0.39, 0.29) is 11.5 Å². The molecule has 0 aliphatic carbocycles. The minimum absolute atomic E-state index is 0.220. The fraction of sp³-hybridized carbons (Fsp3) is 0.292. The molecule has 2 aromatic carbocycles. The predicted octanol–water partition coefficient (Wildman–Crippen LogP) is 4.62. The molecule has 1 heterocycles. The summed E-state index contributed by atoms with van der Waals surface area (Å²) in [6, 6.07) is 18.2. The lowest BCUT2D eigenvalue weighted by Crippen LogP contribution is -2.35. The van der Waals surface area contributed by atoms with Gasteiger partial charge >= 0.3 is 0 Å². The van der Waals surface area contributed by atoms with Crippen molar-refractivity contribution in [2.24, 2.45) is 0 Å². The molecule has 0 saturated heterocycles. The van der Waals surface area contributed by atoms with Gasteiger partial charge in [-0.25, -0.2) is 4.68 Å². The lowest BCUT2D eigenvalue weighted by molar-refractivity contribution is -0.119. The number of carbonyl (C=O) groups excluding carboxylic acids is 1. The molecule has 0 fully saturated rings. The molecule has 0 aliphatic rings. The zero-order chi connectivity index (χ0) is 20.8.